The van der Waals surface area contributed by atoms with Crippen LogP contribution in [0.5, 0.6) is 11.5 Å². The second kappa shape index (κ2) is 4.96. The van der Waals surface area contributed by atoms with E-state index in [9.17, 15) is 4.79 Å². The summed E-state index contributed by atoms with van der Waals surface area (Å²) in [5.74, 6) is 1.02. The molecule has 2 N–H and O–H groups in total. The molecule has 1 amide bonds. The van der Waals surface area contributed by atoms with Crippen molar-refractivity contribution in [2.75, 3.05) is 14.2 Å². The summed E-state index contributed by atoms with van der Waals surface area (Å²) in [4.78, 5) is 10.9. The minimum atomic E-state index is -0.338. The van der Waals surface area contributed by atoms with Gasteiger partial charge in [0, 0.05) is 0 Å². The van der Waals surface area contributed by atoms with E-state index in [1.165, 1.54) is 0 Å². The summed E-state index contributed by atoms with van der Waals surface area (Å²) >= 11 is 0. The molecule has 2 rings (SSSR count). The van der Waals surface area contributed by atoms with Gasteiger partial charge in [0.1, 0.15) is 0 Å². The summed E-state index contributed by atoms with van der Waals surface area (Å²) in [6, 6.07) is 9.55. The highest BCUT2D eigenvalue weighted by atomic mass is 16.5. The first-order valence-electron chi connectivity index (χ1n) is 5.57. The van der Waals surface area contributed by atoms with Crippen LogP contribution in [0.3, 0.4) is 0 Å². The predicted octanol–water partition coefficient (Wildman–Crippen LogP) is 1.88. The Morgan fingerprint density at radius 1 is 1.06 bits per heavy atom. The number of amides is 1. The summed E-state index contributed by atoms with van der Waals surface area (Å²) in [5.41, 5.74) is 6.08. The Hall–Kier alpha value is -2.23. The minimum Gasteiger partial charge on any atom is -0.493 e. The molecular formula is C14H15NO3. The van der Waals surface area contributed by atoms with Crippen LogP contribution in [0.2, 0.25) is 0 Å². The average molecular weight is 245 g/mol. The van der Waals surface area contributed by atoms with Crippen LogP contribution < -0.4 is 15.2 Å². The molecule has 0 radical (unpaired) electrons. The Morgan fingerprint density at radius 3 is 2.22 bits per heavy atom. The second-order valence-corrected chi connectivity index (χ2v) is 4.03. The summed E-state index contributed by atoms with van der Waals surface area (Å²) in [5, 5.41) is 2.02. The lowest BCUT2D eigenvalue weighted by Gasteiger charge is -2.09. The number of methoxy groups -OCH3 is 2. The Kier molecular flexibility index (Phi) is 3.37. The van der Waals surface area contributed by atoms with Crippen molar-refractivity contribution >= 4 is 16.7 Å². The minimum absolute atomic E-state index is 0.240. The van der Waals surface area contributed by atoms with E-state index in [2.05, 4.69) is 0 Å². The van der Waals surface area contributed by atoms with Crippen molar-refractivity contribution in [3.8, 4) is 11.5 Å². The average Bonchev–Trinajstić information content (AvgIpc) is 2.36. The van der Waals surface area contributed by atoms with Gasteiger partial charge >= 0.3 is 0 Å². The van der Waals surface area contributed by atoms with E-state index < -0.39 is 0 Å². The number of hydrogen-bond donors (Lipinski definition) is 1. The van der Waals surface area contributed by atoms with E-state index in [0.29, 0.717) is 11.5 Å². The summed E-state index contributed by atoms with van der Waals surface area (Å²) in [6.07, 6.45) is 0.240. The molecule has 18 heavy (non-hydrogen) atoms. The third kappa shape index (κ3) is 2.37. The zero-order valence-corrected chi connectivity index (χ0v) is 10.4. The SMILES string of the molecule is COc1cc2ccc(CC(N)=O)cc2cc1OC. The molecule has 0 unspecified atom stereocenters. The molecule has 0 fully saturated rings. The van der Waals surface area contributed by atoms with Crippen LogP contribution >= 0.6 is 0 Å². The van der Waals surface area contributed by atoms with Crippen molar-refractivity contribution in [3.05, 3.63) is 35.9 Å². The molecule has 0 bridgehead atoms. The van der Waals surface area contributed by atoms with E-state index >= 15 is 0 Å². The third-order valence-electron chi connectivity index (χ3n) is 2.79. The lowest BCUT2D eigenvalue weighted by molar-refractivity contribution is -0.117. The third-order valence-corrected chi connectivity index (χ3v) is 2.79. The lowest BCUT2D eigenvalue weighted by Crippen LogP contribution is -2.13. The summed E-state index contributed by atoms with van der Waals surface area (Å²) in [7, 11) is 3.20. The lowest BCUT2D eigenvalue weighted by atomic mass is 10.0. The van der Waals surface area contributed by atoms with Gasteiger partial charge in [-0.15, -0.1) is 0 Å². The first kappa shape index (κ1) is 12.2. The van der Waals surface area contributed by atoms with Crippen LogP contribution in [-0.2, 0) is 11.2 Å². The number of ether oxygens (including phenoxy) is 2. The number of nitrogens with two attached hydrogens (primary N) is 1. The Morgan fingerprint density at radius 2 is 1.67 bits per heavy atom. The Balaban J connectivity index is 2.52. The number of hydrogen-bond acceptors (Lipinski definition) is 3. The van der Waals surface area contributed by atoms with E-state index in [0.717, 1.165) is 16.3 Å². The molecule has 0 aliphatic heterocycles. The zero-order chi connectivity index (χ0) is 13.1. The van der Waals surface area contributed by atoms with Gasteiger partial charge in [-0.25, -0.2) is 0 Å². The Labute approximate surface area is 105 Å². The number of carbonyl (C=O) groups is 1. The fraction of sp³-hybridized carbons (Fsp3) is 0.214. The molecule has 0 atom stereocenters. The molecule has 4 heteroatoms. The van der Waals surface area contributed by atoms with Crippen molar-refractivity contribution in [2.24, 2.45) is 5.73 Å². The highest BCUT2D eigenvalue weighted by molar-refractivity contribution is 5.88. The topological polar surface area (TPSA) is 61.5 Å². The van der Waals surface area contributed by atoms with Gasteiger partial charge in [0.15, 0.2) is 11.5 Å². The van der Waals surface area contributed by atoms with Gasteiger partial charge in [-0.05, 0) is 28.5 Å². The van der Waals surface area contributed by atoms with Gasteiger partial charge in [0.2, 0.25) is 5.91 Å². The molecule has 4 nitrogen and oxygen atoms in total. The molecule has 0 aliphatic rings. The van der Waals surface area contributed by atoms with Gasteiger partial charge in [0.25, 0.3) is 0 Å². The molecular weight excluding hydrogens is 230 g/mol. The number of primary amides is 1. The molecule has 2 aromatic carbocycles. The highest BCUT2D eigenvalue weighted by Gasteiger charge is 2.07. The van der Waals surface area contributed by atoms with Crippen LogP contribution in [-0.4, -0.2) is 20.1 Å². The quantitative estimate of drug-likeness (QED) is 0.894. The maximum atomic E-state index is 10.9. The van der Waals surface area contributed by atoms with E-state index in [-0.39, 0.29) is 12.3 Å². The standard InChI is InChI=1S/C14H15NO3/c1-17-12-7-10-4-3-9(6-14(15)16)5-11(10)8-13(12)18-2/h3-5,7-8H,6H2,1-2H3,(H2,15,16). The molecule has 0 heterocycles. The van der Waals surface area contributed by atoms with Gasteiger partial charge in [-0.1, -0.05) is 18.2 Å². The molecule has 0 aliphatic carbocycles. The first-order chi connectivity index (χ1) is 8.63. The van der Waals surface area contributed by atoms with Crippen molar-refractivity contribution in [1.29, 1.82) is 0 Å². The molecule has 94 valence electrons. The van der Waals surface area contributed by atoms with Gasteiger partial charge in [0.05, 0.1) is 20.6 Å². The highest BCUT2D eigenvalue weighted by Crippen LogP contribution is 2.32. The monoisotopic (exact) mass is 245 g/mol. The number of fused-ring (bicyclic) bond motifs is 1. The van der Waals surface area contributed by atoms with Crippen molar-refractivity contribution in [1.82, 2.24) is 0 Å². The molecule has 0 saturated heterocycles. The molecule has 0 saturated carbocycles. The Bertz CT molecular complexity index is 593. The molecule has 0 aromatic heterocycles. The molecule has 0 spiro atoms. The fourth-order valence-corrected chi connectivity index (χ4v) is 1.94. The van der Waals surface area contributed by atoms with Crippen LogP contribution in [0, 0.1) is 0 Å². The van der Waals surface area contributed by atoms with Crippen molar-refractivity contribution < 1.29 is 14.3 Å². The van der Waals surface area contributed by atoms with Gasteiger partial charge in [-0.3, -0.25) is 4.79 Å². The number of benzene rings is 2. The maximum Gasteiger partial charge on any atom is 0.221 e. The van der Waals surface area contributed by atoms with Gasteiger partial charge in [-0.2, -0.15) is 0 Å². The summed E-state index contributed by atoms with van der Waals surface area (Å²) in [6.45, 7) is 0. The van der Waals surface area contributed by atoms with Crippen LogP contribution in [0.15, 0.2) is 30.3 Å². The van der Waals surface area contributed by atoms with Gasteiger partial charge < -0.3 is 15.2 Å². The van der Waals surface area contributed by atoms with E-state index in [1.807, 2.05) is 30.3 Å². The largest absolute Gasteiger partial charge is 0.493 e. The smallest absolute Gasteiger partial charge is 0.221 e. The second-order valence-electron chi connectivity index (χ2n) is 4.03. The predicted molar refractivity (Wildman–Crippen MR) is 70.0 cm³/mol. The normalized spacial score (nSPS) is 10.3. The first-order valence-corrected chi connectivity index (χ1v) is 5.57. The summed E-state index contributed by atoms with van der Waals surface area (Å²) < 4.78 is 10.5. The van der Waals surface area contributed by atoms with E-state index in [1.54, 1.807) is 14.2 Å². The molecule has 2 aromatic rings. The van der Waals surface area contributed by atoms with Crippen molar-refractivity contribution in [2.45, 2.75) is 6.42 Å². The zero-order valence-electron chi connectivity index (χ0n) is 10.4. The van der Waals surface area contributed by atoms with Crippen molar-refractivity contribution in [3.63, 3.8) is 0 Å². The van der Waals surface area contributed by atoms with E-state index in [4.69, 9.17) is 15.2 Å². The maximum absolute atomic E-state index is 10.9. The number of carbonyl (C=O) groups excluding carboxylic acids is 1. The van der Waals surface area contributed by atoms with Crippen LogP contribution in [0.4, 0.5) is 0 Å². The number of rotatable bonds is 4. The van der Waals surface area contributed by atoms with Crippen LogP contribution in [0.1, 0.15) is 5.56 Å². The van der Waals surface area contributed by atoms with Crippen LogP contribution in [0.25, 0.3) is 10.8 Å². The fourth-order valence-electron chi connectivity index (χ4n) is 1.94.